The molecule has 1 unspecified atom stereocenters. The molecule has 4 heteroatoms. The van der Waals surface area contributed by atoms with E-state index in [1.165, 1.54) is 0 Å². The van der Waals surface area contributed by atoms with Crippen molar-refractivity contribution in [2.75, 3.05) is 21.3 Å². The highest BCUT2D eigenvalue weighted by atomic mass is 16.5. The van der Waals surface area contributed by atoms with E-state index in [4.69, 9.17) is 14.2 Å². The number of hydrogen-bond acceptors (Lipinski definition) is 4. The van der Waals surface area contributed by atoms with Crippen molar-refractivity contribution in [1.29, 1.82) is 0 Å². The molecule has 0 aliphatic heterocycles. The minimum absolute atomic E-state index is 0.212. The Morgan fingerprint density at radius 1 is 1.00 bits per heavy atom. The van der Waals surface area contributed by atoms with Crippen molar-refractivity contribution in [2.24, 2.45) is 5.41 Å². The molecule has 0 saturated heterocycles. The van der Waals surface area contributed by atoms with Crippen molar-refractivity contribution in [1.82, 2.24) is 5.32 Å². The highest BCUT2D eigenvalue weighted by Crippen LogP contribution is 2.39. The van der Waals surface area contributed by atoms with Crippen LogP contribution in [-0.2, 0) is 6.54 Å². The highest BCUT2D eigenvalue weighted by molar-refractivity contribution is 5.55. The van der Waals surface area contributed by atoms with Gasteiger partial charge in [-0.2, -0.15) is 0 Å². The van der Waals surface area contributed by atoms with Gasteiger partial charge in [-0.1, -0.05) is 26.8 Å². The first kappa shape index (κ1) is 16.6. The Balaban J connectivity index is 2.96. The molecule has 0 heterocycles. The van der Waals surface area contributed by atoms with Gasteiger partial charge in [0.05, 0.1) is 21.3 Å². The van der Waals surface area contributed by atoms with Gasteiger partial charge in [-0.3, -0.25) is 0 Å². The second-order valence-corrected chi connectivity index (χ2v) is 5.96. The lowest BCUT2D eigenvalue weighted by molar-refractivity contribution is 0.282. The van der Waals surface area contributed by atoms with Crippen LogP contribution in [0.1, 0.15) is 33.3 Å². The van der Waals surface area contributed by atoms with Gasteiger partial charge in [-0.15, -0.1) is 0 Å². The molecule has 0 aromatic heterocycles. The van der Waals surface area contributed by atoms with Crippen LogP contribution >= 0.6 is 0 Å². The Kier molecular flexibility index (Phi) is 5.69. The van der Waals surface area contributed by atoms with Gasteiger partial charge in [0.2, 0.25) is 5.75 Å². The molecule has 0 amide bonds. The van der Waals surface area contributed by atoms with Crippen molar-refractivity contribution < 1.29 is 14.2 Å². The van der Waals surface area contributed by atoms with E-state index in [2.05, 4.69) is 33.0 Å². The molecule has 1 atom stereocenters. The third-order valence-corrected chi connectivity index (χ3v) is 3.68. The average Bonchev–Trinajstić information content (AvgIpc) is 2.42. The van der Waals surface area contributed by atoms with E-state index in [1.807, 2.05) is 12.1 Å². The normalized spacial score (nSPS) is 12.9. The van der Waals surface area contributed by atoms with E-state index in [1.54, 1.807) is 21.3 Å². The molecule has 0 saturated carbocycles. The summed E-state index contributed by atoms with van der Waals surface area (Å²) in [5, 5.41) is 3.53. The Hall–Kier alpha value is -1.42. The molecular weight excluding hydrogens is 254 g/mol. The number of hydrogen-bond donors (Lipinski definition) is 1. The Morgan fingerprint density at radius 3 is 2.05 bits per heavy atom. The summed E-state index contributed by atoms with van der Waals surface area (Å²) < 4.78 is 16.2. The highest BCUT2D eigenvalue weighted by Gasteiger charge is 2.21. The van der Waals surface area contributed by atoms with Crippen LogP contribution < -0.4 is 19.5 Å². The van der Waals surface area contributed by atoms with Crippen molar-refractivity contribution >= 4 is 0 Å². The topological polar surface area (TPSA) is 39.7 Å². The van der Waals surface area contributed by atoms with Gasteiger partial charge in [0.1, 0.15) is 0 Å². The summed E-state index contributed by atoms with van der Waals surface area (Å²) in [6.07, 6.45) is 0. The lowest BCUT2D eigenvalue weighted by Gasteiger charge is -2.28. The largest absolute Gasteiger partial charge is 0.493 e. The van der Waals surface area contributed by atoms with Crippen LogP contribution in [0.2, 0.25) is 0 Å². The number of rotatable bonds is 6. The van der Waals surface area contributed by atoms with Crippen LogP contribution in [0.3, 0.4) is 0 Å². The average molecular weight is 281 g/mol. The summed E-state index contributed by atoms with van der Waals surface area (Å²) in [6.45, 7) is 9.57. The Morgan fingerprint density at radius 2 is 1.60 bits per heavy atom. The maximum absolute atomic E-state index is 5.48. The van der Waals surface area contributed by atoms with Gasteiger partial charge in [-0.05, 0) is 18.4 Å². The minimum atomic E-state index is 0.212. The van der Waals surface area contributed by atoms with Crippen LogP contribution in [0.15, 0.2) is 12.1 Å². The predicted molar refractivity (Wildman–Crippen MR) is 81.9 cm³/mol. The van der Waals surface area contributed by atoms with Crippen LogP contribution in [-0.4, -0.2) is 27.4 Å². The van der Waals surface area contributed by atoms with Crippen molar-refractivity contribution in [3.63, 3.8) is 0 Å². The molecule has 1 N–H and O–H groups in total. The molecule has 0 fully saturated rings. The van der Waals surface area contributed by atoms with Crippen LogP contribution in [0.5, 0.6) is 17.2 Å². The molecule has 1 aromatic rings. The first-order valence-electron chi connectivity index (χ1n) is 6.86. The summed E-state index contributed by atoms with van der Waals surface area (Å²) >= 11 is 0. The molecule has 1 rings (SSSR count). The van der Waals surface area contributed by atoms with Gasteiger partial charge in [-0.25, -0.2) is 0 Å². The van der Waals surface area contributed by atoms with Gasteiger partial charge < -0.3 is 19.5 Å². The van der Waals surface area contributed by atoms with E-state index in [0.29, 0.717) is 17.5 Å². The van der Waals surface area contributed by atoms with Crippen LogP contribution in [0, 0.1) is 5.41 Å². The smallest absolute Gasteiger partial charge is 0.203 e. The lowest BCUT2D eigenvalue weighted by Crippen LogP contribution is -2.37. The Bertz CT molecular complexity index is 438. The first-order chi connectivity index (χ1) is 9.35. The Labute approximate surface area is 122 Å². The molecular formula is C16H27NO3. The molecule has 20 heavy (non-hydrogen) atoms. The second-order valence-electron chi connectivity index (χ2n) is 5.96. The first-order valence-corrected chi connectivity index (χ1v) is 6.86. The van der Waals surface area contributed by atoms with Crippen LogP contribution in [0.25, 0.3) is 0 Å². The molecule has 0 bridgehead atoms. The fraction of sp³-hybridized carbons (Fsp3) is 0.625. The third kappa shape index (κ3) is 3.79. The van der Waals surface area contributed by atoms with E-state index in [9.17, 15) is 0 Å². The number of nitrogens with one attached hydrogen (secondary N) is 1. The summed E-state index contributed by atoms with van der Waals surface area (Å²) in [5.74, 6) is 2.04. The molecule has 0 spiro atoms. The predicted octanol–water partition coefficient (Wildman–Crippen LogP) is 3.24. The number of ether oxygens (including phenoxy) is 3. The van der Waals surface area contributed by atoms with E-state index in [0.717, 1.165) is 17.9 Å². The van der Waals surface area contributed by atoms with E-state index in [-0.39, 0.29) is 5.41 Å². The van der Waals surface area contributed by atoms with E-state index >= 15 is 0 Å². The maximum atomic E-state index is 5.48. The minimum Gasteiger partial charge on any atom is -0.493 e. The van der Waals surface area contributed by atoms with Crippen molar-refractivity contribution in [3.05, 3.63) is 17.7 Å². The zero-order valence-corrected chi connectivity index (χ0v) is 13.7. The zero-order valence-electron chi connectivity index (χ0n) is 13.7. The van der Waals surface area contributed by atoms with Crippen LogP contribution in [0.4, 0.5) is 0 Å². The molecule has 114 valence electrons. The van der Waals surface area contributed by atoms with Gasteiger partial charge in [0.15, 0.2) is 11.5 Å². The zero-order chi connectivity index (χ0) is 15.3. The summed E-state index contributed by atoms with van der Waals surface area (Å²) in [7, 11) is 4.89. The van der Waals surface area contributed by atoms with Gasteiger partial charge in [0, 0.05) is 18.2 Å². The van der Waals surface area contributed by atoms with Crippen molar-refractivity contribution in [2.45, 2.75) is 40.3 Å². The maximum Gasteiger partial charge on any atom is 0.203 e. The lowest BCUT2D eigenvalue weighted by atomic mass is 9.88. The van der Waals surface area contributed by atoms with Crippen molar-refractivity contribution in [3.8, 4) is 17.2 Å². The third-order valence-electron chi connectivity index (χ3n) is 3.68. The van der Waals surface area contributed by atoms with Gasteiger partial charge >= 0.3 is 0 Å². The fourth-order valence-corrected chi connectivity index (χ4v) is 1.87. The fourth-order valence-electron chi connectivity index (χ4n) is 1.87. The second kappa shape index (κ2) is 6.84. The quantitative estimate of drug-likeness (QED) is 0.869. The molecule has 0 aliphatic rings. The monoisotopic (exact) mass is 281 g/mol. The molecule has 0 aliphatic carbocycles. The summed E-state index contributed by atoms with van der Waals surface area (Å²) in [4.78, 5) is 0. The van der Waals surface area contributed by atoms with Gasteiger partial charge in [0.25, 0.3) is 0 Å². The summed E-state index contributed by atoms with van der Waals surface area (Å²) in [5.41, 5.74) is 1.27. The standard InChI is InChI=1S/C16H27NO3/c1-11(16(2,3)4)17-10-12-8-9-13(18-5)15(20-7)14(12)19-6/h8-9,11,17H,10H2,1-7H3. The molecule has 1 aromatic carbocycles. The number of methoxy groups -OCH3 is 3. The summed E-state index contributed by atoms with van der Waals surface area (Å²) in [6, 6.07) is 4.29. The van der Waals surface area contributed by atoms with E-state index < -0.39 is 0 Å². The molecule has 0 radical (unpaired) electrons. The number of benzene rings is 1. The molecule has 4 nitrogen and oxygen atoms in total. The SMILES string of the molecule is COc1ccc(CNC(C)C(C)(C)C)c(OC)c1OC.